The maximum Gasteiger partial charge on any atom is 0.133 e. The Morgan fingerprint density at radius 2 is 2.05 bits per heavy atom. The lowest BCUT2D eigenvalue weighted by atomic mass is 10.2. The van der Waals surface area contributed by atoms with Crippen molar-refractivity contribution in [1.82, 2.24) is 15.3 Å². The van der Waals surface area contributed by atoms with E-state index in [1.807, 2.05) is 30.3 Å². The summed E-state index contributed by atoms with van der Waals surface area (Å²) in [5, 5.41) is 3.39. The summed E-state index contributed by atoms with van der Waals surface area (Å²) in [4.78, 5) is 7.85. The summed E-state index contributed by atoms with van der Waals surface area (Å²) in [6.07, 6.45) is 0. The number of halogens is 1. The van der Waals surface area contributed by atoms with E-state index in [-0.39, 0.29) is 0 Å². The molecule has 3 aromatic rings. The zero-order chi connectivity index (χ0) is 14.7. The molecule has 0 amide bonds. The molecule has 5 heteroatoms. The fraction of sp³-hybridized carbons (Fsp3) is 0.188. The third-order valence-corrected chi connectivity index (χ3v) is 3.90. The highest BCUT2D eigenvalue weighted by molar-refractivity contribution is 9.10. The van der Waals surface area contributed by atoms with Crippen molar-refractivity contribution >= 4 is 27.0 Å². The van der Waals surface area contributed by atoms with E-state index >= 15 is 0 Å². The van der Waals surface area contributed by atoms with Crippen LogP contribution in [0.3, 0.4) is 0 Å². The van der Waals surface area contributed by atoms with Crippen molar-refractivity contribution < 1.29 is 4.74 Å². The summed E-state index contributed by atoms with van der Waals surface area (Å²) in [7, 11) is 1.67. The highest BCUT2D eigenvalue weighted by atomic mass is 79.9. The molecule has 0 spiro atoms. The normalized spacial score (nSPS) is 11.0. The van der Waals surface area contributed by atoms with Crippen molar-refractivity contribution in [2.45, 2.75) is 13.1 Å². The quantitative estimate of drug-likeness (QED) is 0.742. The van der Waals surface area contributed by atoms with E-state index in [0.717, 1.165) is 33.6 Å². The van der Waals surface area contributed by atoms with Crippen LogP contribution < -0.4 is 10.1 Å². The molecule has 4 nitrogen and oxygen atoms in total. The van der Waals surface area contributed by atoms with E-state index in [1.165, 1.54) is 5.56 Å². The molecule has 3 rings (SSSR count). The molecule has 0 aliphatic rings. The van der Waals surface area contributed by atoms with Crippen molar-refractivity contribution in [3.05, 3.63) is 58.3 Å². The number of rotatable bonds is 5. The Balaban J connectivity index is 1.61. The molecule has 2 aromatic carbocycles. The van der Waals surface area contributed by atoms with E-state index in [1.54, 1.807) is 7.11 Å². The zero-order valence-corrected chi connectivity index (χ0v) is 13.3. The number of methoxy groups -OCH3 is 1. The second-order valence-corrected chi connectivity index (χ2v) is 5.63. The van der Waals surface area contributed by atoms with Crippen LogP contribution in [0.1, 0.15) is 11.4 Å². The minimum absolute atomic E-state index is 0.707. The van der Waals surface area contributed by atoms with Crippen LogP contribution in [-0.4, -0.2) is 17.1 Å². The molecular weight excluding hydrogens is 330 g/mol. The van der Waals surface area contributed by atoms with E-state index in [4.69, 9.17) is 4.74 Å². The van der Waals surface area contributed by atoms with Crippen molar-refractivity contribution in [2.24, 2.45) is 0 Å². The number of benzene rings is 2. The van der Waals surface area contributed by atoms with Gasteiger partial charge in [-0.1, -0.05) is 18.2 Å². The van der Waals surface area contributed by atoms with E-state index in [2.05, 4.69) is 43.3 Å². The summed E-state index contributed by atoms with van der Waals surface area (Å²) in [6.45, 7) is 1.48. The van der Waals surface area contributed by atoms with Gasteiger partial charge in [-0.15, -0.1) is 0 Å². The number of aromatic amines is 1. The van der Waals surface area contributed by atoms with Crippen molar-refractivity contribution in [1.29, 1.82) is 0 Å². The maximum atomic E-state index is 5.23. The molecule has 0 saturated heterocycles. The molecule has 0 atom stereocenters. The number of hydrogen-bond acceptors (Lipinski definition) is 3. The Kier molecular flexibility index (Phi) is 4.22. The first-order valence-electron chi connectivity index (χ1n) is 6.73. The molecule has 0 radical (unpaired) electrons. The van der Waals surface area contributed by atoms with Crippen LogP contribution in [0, 0.1) is 0 Å². The summed E-state index contributed by atoms with van der Waals surface area (Å²) < 4.78 is 6.19. The Hall–Kier alpha value is -1.85. The van der Waals surface area contributed by atoms with Gasteiger partial charge in [0.25, 0.3) is 0 Å². The van der Waals surface area contributed by atoms with Gasteiger partial charge in [-0.2, -0.15) is 0 Å². The van der Waals surface area contributed by atoms with Crippen LogP contribution in [0.4, 0.5) is 0 Å². The van der Waals surface area contributed by atoms with Crippen LogP contribution in [0.5, 0.6) is 5.75 Å². The number of ether oxygens (including phenoxy) is 1. The SMILES string of the molecule is COc1ccc(CNCc2nc3ccccc3[nH]2)cc1Br. The third-order valence-electron chi connectivity index (χ3n) is 3.28. The molecule has 0 unspecified atom stereocenters. The first-order valence-corrected chi connectivity index (χ1v) is 7.52. The second-order valence-electron chi connectivity index (χ2n) is 4.77. The summed E-state index contributed by atoms with van der Waals surface area (Å²) in [5.74, 6) is 1.79. The topological polar surface area (TPSA) is 49.9 Å². The predicted octanol–water partition coefficient (Wildman–Crippen LogP) is 3.62. The van der Waals surface area contributed by atoms with Crippen LogP contribution in [0.15, 0.2) is 46.9 Å². The average molecular weight is 346 g/mol. The van der Waals surface area contributed by atoms with Gasteiger partial charge in [0.2, 0.25) is 0 Å². The van der Waals surface area contributed by atoms with Gasteiger partial charge in [0.1, 0.15) is 11.6 Å². The summed E-state index contributed by atoms with van der Waals surface area (Å²) >= 11 is 3.50. The minimum Gasteiger partial charge on any atom is -0.496 e. The van der Waals surface area contributed by atoms with Gasteiger partial charge in [-0.25, -0.2) is 4.98 Å². The number of nitrogens with one attached hydrogen (secondary N) is 2. The first-order chi connectivity index (χ1) is 10.3. The highest BCUT2D eigenvalue weighted by Crippen LogP contribution is 2.25. The standard InChI is InChI=1S/C16H16BrN3O/c1-21-15-7-6-11(8-12(15)17)9-18-10-16-19-13-4-2-3-5-14(13)20-16/h2-8,18H,9-10H2,1H3,(H,19,20). The van der Waals surface area contributed by atoms with E-state index in [9.17, 15) is 0 Å². The van der Waals surface area contributed by atoms with Crippen LogP contribution in [0.2, 0.25) is 0 Å². The monoisotopic (exact) mass is 345 g/mol. The van der Waals surface area contributed by atoms with Gasteiger partial charge >= 0.3 is 0 Å². The number of fused-ring (bicyclic) bond motifs is 1. The van der Waals surface area contributed by atoms with Gasteiger partial charge in [0.15, 0.2) is 0 Å². The van der Waals surface area contributed by atoms with Gasteiger partial charge in [0, 0.05) is 6.54 Å². The molecule has 0 fully saturated rings. The van der Waals surface area contributed by atoms with Crippen LogP contribution in [-0.2, 0) is 13.1 Å². The Morgan fingerprint density at radius 1 is 1.19 bits per heavy atom. The Labute approximate surface area is 131 Å². The molecular formula is C16H16BrN3O. The first kappa shape index (κ1) is 14.1. The number of imidazole rings is 1. The number of hydrogen-bond donors (Lipinski definition) is 2. The minimum atomic E-state index is 0.707. The maximum absolute atomic E-state index is 5.23. The van der Waals surface area contributed by atoms with Gasteiger partial charge in [0.05, 0.1) is 29.2 Å². The highest BCUT2D eigenvalue weighted by Gasteiger charge is 2.03. The molecule has 0 aliphatic heterocycles. The smallest absolute Gasteiger partial charge is 0.133 e. The Bertz CT molecular complexity index is 721. The largest absolute Gasteiger partial charge is 0.496 e. The van der Waals surface area contributed by atoms with Gasteiger partial charge in [-0.3, -0.25) is 0 Å². The lowest BCUT2D eigenvalue weighted by Crippen LogP contribution is -2.13. The van der Waals surface area contributed by atoms with Crippen LogP contribution in [0.25, 0.3) is 11.0 Å². The second kappa shape index (κ2) is 6.28. The number of H-pyrrole nitrogens is 1. The molecule has 0 aliphatic carbocycles. The molecule has 0 saturated carbocycles. The zero-order valence-electron chi connectivity index (χ0n) is 11.7. The van der Waals surface area contributed by atoms with Crippen molar-refractivity contribution in [3.8, 4) is 5.75 Å². The molecule has 108 valence electrons. The lowest BCUT2D eigenvalue weighted by Gasteiger charge is -2.07. The van der Waals surface area contributed by atoms with Crippen molar-refractivity contribution in [3.63, 3.8) is 0 Å². The van der Waals surface area contributed by atoms with Crippen molar-refractivity contribution in [2.75, 3.05) is 7.11 Å². The molecule has 21 heavy (non-hydrogen) atoms. The molecule has 1 heterocycles. The summed E-state index contributed by atoms with van der Waals surface area (Å²) in [6, 6.07) is 14.1. The average Bonchev–Trinajstić information content (AvgIpc) is 2.90. The summed E-state index contributed by atoms with van der Waals surface area (Å²) in [5.41, 5.74) is 3.27. The molecule has 0 bridgehead atoms. The third kappa shape index (κ3) is 3.25. The van der Waals surface area contributed by atoms with Crippen LogP contribution >= 0.6 is 15.9 Å². The van der Waals surface area contributed by atoms with Gasteiger partial charge < -0.3 is 15.0 Å². The fourth-order valence-corrected chi connectivity index (χ4v) is 2.82. The number of para-hydroxylation sites is 2. The van der Waals surface area contributed by atoms with E-state index in [0.29, 0.717) is 6.54 Å². The molecule has 1 aromatic heterocycles. The predicted molar refractivity (Wildman–Crippen MR) is 87.3 cm³/mol. The Morgan fingerprint density at radius 3 is 2.81 bits per heavy atom. The lowest BCUT2D eigenvalue weighted by molar-refractivity contribution is 0.412. The fourth-order valence-electron chi connectivity index (χ4n) is 2.23. The van der Waals surface area contributed by atoms with Gasteiger partial charge in [-0.05, 0) is 45.8 Å². The van der Waals surface area contributed by atoms with E-state index < -0.39 is 0 Å². The number of nitrogens with zero attached hydrogens (tertiary/aromatic N) is 1. The number of aromatic nitrogens is 2. The molecule has 2 N–H and O–H groups in total.